The molecule has 0 radical (unpaired) electrons. The second-order valence-electron chi connectivity index (χ2n) is 4.74. The number of rotatable bonds is 4. The zero-order chi connectivity index (χ0) is 14.7. The van der Waals surface area contributed by atoms with Gasteiger partial charge in [0.2, 0.25) is 0 Å². The maximum absolute atomic E-state index is 13.4. The highest BCUT2D eigenvalue weighted by Crippen LogP contribution is 2.28. The van der Waals surface area contributed by atoms with E-state index >= 15 is 0 Å². The van der Waals surface area contributed by atoms with Gasteiger partial charge in [0.05, 0.1) is 13.2 Å². The van der Waals surface area contributed by atoms with Gasteiger partial charge in [-0.05, 0) is 53.9 Å². The molecule has 2 rings (SSSR count). The third-order valence-corrected chi connectivity index (χ3v) is 3.60. The SMILES string of the molecule is COc1ccc(Br)cc1CC(O)c1cc(C)cc(F)c1. The minimum Gasteiger partial charge on any atom is -0.496 e. The van der Waals surface area contributed by atoms with Gasteiger partial charge in [-0.3, -0.25) is 0 Å². The van der Waals surface area contributed by atoms with Gasteiger partial charge in [-0.25, -0.2) is 4.39 Å². The van der Waals surface area contributed by atoms with E-state index in [1.165, 1.54) is 12.1 Å². The average Bonchev–Trinajstić information content (AvgIpc) is 2.37. The molecule has 0 aliphatic rings. The normalized spacial score (nSPS) is 12.2. The van der Waals surface area contributed by atoms with E-state index < -0.39 is 6.10 Å². The van der Waals surface area contributed by atoms with Crippen LogP contribution in [-0.2, 0) is 6.42 Å². The summed E-state index contributed by atoms with van der Waals surface area (Å²) in [6.07, 6.45) is -0.404. The van der Waals surface area contributed by atoms with Crippen molar-refractivity contribution in [3.05, 3.63) is 63.4 Å². The molecule has 1 N–H and O–H groups in total. The summed E-state index contributed by atoms with van der Waals surface area (Å²) in [7, 11) is 1.59. The molecule has 2 aromatic carbocycles. The molecule has 0 spiro atoms. The predicted molar refractivity (Wildman–Crippen MR) is 80.5 cm³/mol. The highest BCUT2D eigenvalue weighted by atomic mass is 79.9. The van der Waals surface area contributed by atoms with Crippen LogP contribution in [0.4, 0.5) is 4.39 Å². The minimum absolute atomic E-state index is 0.333. The summed E-state index contributed by atoms with van der Waals surface area (Å²) in [4.78, 5) is 0. The van der Waals surface area contributed by atoms with Crippen LogP contribution in [0.25, 0.3) is 0 Å². The smallest absolute Gasteiger partial charge is 0.123 e. The van der Waals surface area contributed by atoms with Crippen molar-refractivity contribution in [1.29, 1.82) is 0 Å². The van der Waals surface area contributed by atoms with E-state index in [9.17, 15) is 9.50 Å². The Labute approximate surface area is 126 Å². The van der Waals surface area contributed by atoms with Crippen LogP contribution in [-0.4, -0.2) is 12.2 Å². The highest BCUT2D eigenvalue weighted by molar-refractivity contribution is 9.10. The van der Waals surface area contributed by atoms with Gasteiger partial charge in [0, 0.05) is 10.9 Å². The first-order chi connectivity index (χ1) is 9.49. The lowest BCUT2D eigenvalue weighted by Crippen LogP contribution is -2.04. The van der Waals surface area contributed by atoms with E-state index in [4.69, 9.17) is 4.74 Å². The van der Waals surface area contributed by atoms with Crippen molar-refractivity contribution in [1.82, 2.24) is 0 Å². The van der Waals surface area contributed by atoms with E-state index in [-0.39, 0.29) is 5.82 Å². The van der Waals surface area contributed by atoms with Gasteiger partial charge in [-0.1, -0.05) is 22.0 Å². The Bertz CT molecular complexity index is 593. The molecule has 20 heavy (non-hydrogen) atoms. The van der Waals surface area contributed by atoms with E-state index in [2.05, 4.69) is 15.9 Å². The third-order valence-electron chi connectivity index (χ3n) is 3.10. The zero-order valence-corrected chi connectivity index (χ0v) is 12.9. The summed E-state index contributed by atoms with van der Waals surface area (Å²) in [6, 6.07) is 10.2. The van der Waals surface area contributed by atoms with Gasteiger partial charge < -0.3 is 9.84 Å². The Hall–Kier alpha value is -1.39. The molecule has 0 aliphatic carbocycles. The zero-order valence-electron chi connectivity index (χ0n) is 11.4. The molecule has 2 aromatic rings. The molecule has 1 unspecified atom stereocenters. The van der Waals surface area contributed by atoms with Gasteiger partial charge >= 0.3 is 0 Å². The standard InChI is InChI=1S/C16H16BrFO2/c1-10-5-11(8-14(18)6-10)15(19)9-12-7-13(17)3-4-16(12)20-2/h3-8,15,19H,9H2,1-2H3. The van der Waals surface area contributed by atoms with Crippen LogP contribution in [0.2, 0.25) is 0 Å². The molecular weight excluding hydrogens is 323 g/mol. The lowest BCUT2D eigenvalue weighted by molar-refractivity contribution is 0.176. The fourth-order valence-corrected chi connectivity index (χ4v) is 2.60. The Kier molecular flexibility index (Phi) is 4.78. The topological polar surface area (TPSA) is 29.5 Å². The number of hydrogen-bond donors (Lipinski definition) is 1. The summed E-state index contributed by atoms with van der Waals surface area (Å²) in [5, 5.41) is 10.3. The van der Waals surface area contributed by atoms with Gasteiger partial charge in [0.25, 0.3) is 0 Å². The van der Waals surface area contributed by atoms with Crippen molar-refractivity contribution in [2.45, 2.75) is 19.4 Å². The number of ether oxygens (including phenoxy) is 1. The van der Waals surface area contributed by atoms with E-state index in [1.807, 2.05) is 18.2 Å². The molecule has 0 aromatic heterocycles. The summed E-state index contributed by atoms with van der Waals surface area (Å²) in [6.45, 7) is 1.80. The number of aliphatic hydroxyl groups excluding tert-OH is 1. The number of aliphatic hydroxyl groups is 1. The van der Waals surface area contributed by atoms with Crippen LogP contribution in [0.5, 0.6) is 5.75 Å². The van der Waals surface area contributed by atoms with Gasteiger partial charge in [0.1, 0.15) is 11.6 Å². The predicted octanol–water partition coefficient (Wildman–Crippen LogP) is 4.18. The Morgan fingerprint density at radius 3 is 2.65 bits per heavy atom. The molecule has 2 nitrogen and oxygen atoms in total. The average molecular weight is 339 g/mol. The van der Waals surface area contributed by atoms with Crippen molar-refractivity contribution in [3.8, 4) is 5.75 Å². The second kappa shape index (κ2) is 6.37. The summed E-state index contributed by atoms with van der Waals surface area (Å²) < 4.78 is 19.6. The first kappa shape index (κ1) is 15.0. The molecule has 0 amide bonds. The fraction of sp³-hybridized carbons (Fsp3) is 0.250. The summed E-state index contributed by atoms with van der Waals surface area (Å²) in [5.41, 5.74) is 2.24. The second-order valence-corrected chi connectivity index (χ2v) is 5.65. The third kappa shape index (κ3) is 3.58. The van der Waals surface area contributed by atoms with Crippen molar-refractivity contribution >= 4 is 15.9 Å². The van der Waals surface area contributed by atoms with Gasteiger partial charge in [-0.15, -0.1) is 0 Å². The first-order valence-corrected chi connectivity index (χ1v) is 7.06. The summed E-state index contributed by atoms with van der Waals surface area (Å²) in [5.74, 6) is 0.376. The van der Waals surface area contributed by atoms with Crippen LogP contribution >= 0.6 is 15.9 Å². The Morgan fingerprint density at radius 1 is 1.25 bits per heavy atom. The number of benzene rings is 2. The largest absolute Gasteiger partial charge is 0.496 e. The van der Waals surface area contributed by atoms with Crippen molar-refractivity contribution in [2.24, 2.45) is 0 Å². The van der Waals surface area contributed by atoms with Crippen LogP contribution in [0.3, 0.4) is 0 Å². The number of aryl methyl sites for hydroxylation is 1. The molecule has 0 heterocycles. The van der Waals surface area contributed by atoms with E-state index in [0.29, 0.717) is 17.7 Å². The lowest BCUT2D eigenvalue weighted by atomic mass is 9.99. The number of hydrogen-bond acceptors (Lipinski definition) is 2. The Morgan fingerprint density at radius 2 is 2.00 bits per heavy atom. The highest BCUT2D eigenvalue weighted by Gasteiger charge is 2.13. The van der Waals surface area contributed by atoms with Crippen LogP contribution in [0.1, 0.15) is 22.8 Å². The van der Waals surface area contributed by atoms with Crippen LogP contribution < -0.4 is 4.74 Å². The monoisotopic (exact) mass is 338 g/mol. The molecule has 0 saturated carbocycles. The Balaban J connectivity index is 2.27. The first-order valence-electron chi connectivity index (χ1n) is 6.27. The summed E-state index contributed by atoms with van der Waals surface area (Å²) >= 11 is 3.40. The molecule has 0 aliphatic heterocycles. The molecule has 0 bridgehead atoms. The maximum Gasteiger partial charge on any atom is 0.123 e. The van der Waals surface area contributed by atoms with Gasteiger partial charge in [-0.2, -0.15) is 0 Å². The molecule has 106 valence electrons. The molecule has 0 saturated heterocycles. The van der Waals surface area contributed by atoms with Crippen molar-refractivity contribution in [2.75, 3.05) is 7.11 Å². The molecule has 0 fully saturated rings. The maximum atomic E-state index is 13.4. The van der Waals surface area contributed by atoms with E-state index in [0.717, 1.165) is 15.6 Å². The molecule has 4 heteroatoms. The van der Waals surface area contributed by atoms with E-state index in [1.54, 1.807) is 20.1 Å². The van der Waals surface area contributed by atoms with Crippen molar-refractivity contribution < 1.29 is 14.2 Å². The van der Waals surface area contributed by atoms with Crippen molar-refractivity contribution in [3.63, 3.8) is 0 Å². The molecule has 1 atom stereocenters. The fourth-order valence-electron chi connectivity index (χ4n) is 2.19. The quantitative estimate of drug-likeness (QED) is 0.905. The van der Waals surface area contributed by atoms with Crippen LogP contribution in [0.15, 0.2) is 40.9 Å². The molecular formula is C16H16BrFO2. The van der Waals surface area contributed by atoms with Crippen LogP contribution in [0, 0.1) is 12.7 Å². The van der Waals surface area contributed by atoms with Gasteiger partial charge in [0.15, 0.2) is 0 Å². The number of halogens is 2. The lowest BCUT2D eigenvalue weighted by Gasteiger charge is -2.15. The minimum atomic E-state index is -0.771. The number of methoxy groups -OCH3 is 1.